The van der Waals surface area contributed by atoms with E-state index in [0.717, 1.165) is 5.56 Å². The maximum Gasteiger partial charge on any atom is 0.235 e. The van der Waals surface area contributed by atoms with Crippen molar-refractivity contribution in [3.63, 3.8) is 0 Å². The largest absolute Gasteiger partial charge is 0.366 e. The highest BCUT2D eigenvalue weighted by molar-refractivity contribution is 7.08. The third-order valence-electron chi connectivity index (χ3n) is 3.20. The summed E-state index contributed by atoms with van der Waals surface area (Å²) in [6.07, 6.45) is 3.00. The molecule has 0 amide bonds. The highest BCUT2D eigenvalue weighted by Gasteiger charge is 2.42. The molecule has 0 atom stereocenters. The Balaban J connectivity index is 2.29. The van der Waals surface area contributed by atoms with Crippen LogP contribution in [0.3, 0.4) is 0 Å². The SMILES string of the molecule is O=C=NC1(c2ccsc2)CCC(O)(O)CC1. The molecular weight excluding hydrogens is 226 g/mol. The summed E-state index contributed by atoms with van der Waals surface area (Å²) in [5.74, 6) is -1.61. The molecule has 16 heavy (non-hydrogen) atoms. The number of nitrogens with zero attached hydrogens (tertiary/aromatic N) is 1. The Labute approximate surface area is 97.3 Å². The van der Waals surface area contributed by atoms with Crippen LogP contribution in [0, 0.1) is 0 Å². The molecule has 1 heterocycles. The Bertz CT molecular complexity index is 397. The van der Waals surface area contributed by atoms with Gasteiger partial charge in [0.15, 0.2) is 5.79 Å². The zero-order chi connectivity index (χ0) is 11.6. The molecule has 1 aliphatic carbocycles. The Kier molecular flexibility index (Phi) is 2.95. The maximum atomic E-state index is 10.5. The van der Waals surface area contributed by atoms with Gasteiger partial charge in [-0.15, -0.1) is 0 Å². The molecular formula is C11H13NO3S. The molecule has 2 rings (SSSR count). The van der Waals surface area contributed by atoms with Gasteiger partial charge in [0.05, 0.1) is 5.54 Å². The Morgan fingerprint density at radius 2 is 2.00 bits per heavy atom. The number of isocyanates is 1. The van der Waals surface area contributed by atoms with Crippen LogP contribution in [0.25, 0.3) is 0 Å². The van der Waals surface area contributed by atoms with Gasteiger partial charge in [0.1, 0.15) is 0 Å². The van der Waals surface area contributed by atoms with Crippen LogP contribution in [-0.2, 0) is 10.3 Å². The fraction of sp³-hybridized carbons (Fsp3) is 0.545. The van der Waals surface area contributed by atoms with Gasteiger partial charge in [-0.1, -0.05) is 0 Å². The minimum atomic E-state index is -1.61. The van der Waals surface area contributed by atoms with Crippen LogP contribution in [0.5, 0.6) is 0 Å². The van der Waals surface area contributed by atoms with Crippen molar-refractivity contribution in [2.45, 2.75) is 37.0 Å². The van der Waals surface area contributed by atoms with Crippen LogP contribution < -0.4 is 0 Å². The van der Waals surface area contributed by atoms with Crippen LogP contribution in [0.2, 0.25) is 0 Å². The van der Waals surface area contributed by atoms with Gasteiger partial charge in [-0.05, 0) is 35.2 Å². The van der Waals surface area contributed by atoms with E-state index in [0.29, 0.717) is 12.8 Å². The van der Waals surface area contributed by atoms with E-state index in [1.807, 2.05) is 16.8 Å². The standard InChI is InChI=1S/C11H13NO3S/c13-8-12-10(9-1-6-16-7-9)2-4-11(14,15)5-3-10/h1,6-7,14-15H,2-5H2. The number of aliphatic imine (C=N–C) groups is 1. The van der Waals surface area contributed by atoms with E-state index in [2.05, 4.69) is 4.99 Å². The second kappa shape index (κ2) is 4.11. The van der Waals surface area contributed by atoms with Gasteiger partial charge in [-0.25, -0.2) is 4.79 Å². The van der Waals surface area contributed by atoms with Gasteiger partial charge in [0, 0.05) is 12.8 Å². The van der Waals surface area contributed by atoms with Crippen molar-refractivity contribution in [2.75, 3.05) is 0 Å². The number of carbonyl (C=O) groups excluding carboxylic acids is 1. The van der Waals surface area contributed by atoms with E-state index in [4.69, 9.17) is 0 Å². The Morgan fingerprint density at radius 1 is 1.31 bits per heavy atom. The number of hydrogen-bond acceptors (Lipinski definition) is 5. The summed E-state index contributed by atoms with van der Waals surface area (Å²) >= 11 is 1.54. The normalized spacial score (nSPS) is 22.4. The lowest BCUT2D eigenvalue weighted by atomic mass is 9.76. The van der Waals surface area contributed by atoms with Gasteiger partial charge < -0.3 is 10.2 Å². The van der Waals surface area contributed by atoms with Gasteiger partial charge in [-0.3, -0.25) is 0 Å². The van der Waals surface area contributed by atoms with Crippen molar-refractivity contribution in [1.82, 2.24) is 0 Å². The summed E-state index contributed by atoms with van der Waals surface area (Å²) < 4.78 is 0. The molecule has 0 aliphatic heterocycles. The summed E-state index contributed by atoms with van der Waals surface area (Å²) in [6, 6.07) is 1.92. The van der Waals surface area contributed by atoms with Gasteiger partial charge in [0.25, 0.3) is 0 Å². The molecule has 1 aromatic rings. The lowest BCUT2D eigenvalue weighted by molar-refractivity contribution is -0.188. The molecule has 0 saturated heterocycles. The molecule has 1 fully saturated rings. The first-order valence-corrected chi connectivity index (χ1v) is 6.09. The van der Waals surface area contributed by atoms with Crippen LogP contribution in [0.4, 0.5) is 0 Å². The third-order valence-corrected chi connectivity index (χ3v) is 3.88. The van der Waals surface area contributed by atoms with Crippen molar-refractivity contribution >= 4 is 17.4 Å². The third kappa shape index (κ3) is 2.08. The topological polar surface area (TPSA) is 69.9 Å². The Morgan fingerprint density at radius 3 is 2.50 bits per heavy atom. The first-order chi connectivity index (χ1) is 7.58. The quantitative estimate of drug-likeness (QED) is 0.467. The molecule has 0 unspecified atom stereocenters. The van der Waals surface area contributed by atoms with Crippen molar-refractivity contribution in [1.29, 1.82) is 0 Å². The van der Waals surface area contributed by atoms with Gasteiger partial charge in [0.2, 0.25) is 6.08 Å². The molecule has 5 heteroatoms. The smallest absolute Gasteiger partial charge is 0.235 e. The minimum Gasteiger partial charge on any atom is -0.366 e. The van der Waals surface area contributed by atoms with Crippen molar-refractivity contribution in [3.05, 3.63) is 22.4 Å². The second-order valence-corrected chi connectivity index (χ2v) is 5.01. The Hall–Kier alpha value is -1.00. The van der Waals surface area contributed by atoms with Crippen LogP contribution in [0.15, 0.2) is 21.8 Å². The van der Waals surface area contributed by atoms with Crippen LogP contribution in [-0.4, -0.2) is 22.1 Å². The summed E-state index contributed by atoms with van der Waals surface area (Å²) in [6.45, 7) is 0. The van der Waals surface area contributed by atoms with E-state index in [1.165, 1.54) is 0 Å². The zero-order valence-electron chi connectivity index (χ0n) is 8.72. The molecule has 1 saturated carbocycles. The predicted molar refractivity (Wildman–Crippen MR) is 59.8 cm³/mol. The molecule has 0 radical (unpaired) electrons. The molecule has 1 aromatic heterocycles. The monoisotopic (exact) mass is 239 g/mol. The summed E-state index contributed by atoms with van der Waals surface area (Å²) in [4.78, 5) is 14.4. The highest BCUT2D eigenvalue weighted by Crippen LogP contribution is 2.43. The first kappa shape index (κ1) is 11.5. The maximum absolute atomic E-state index is 10.5. The molecule has 86 valence electrons. The minimum absolute atomic E-state index is 0.230. The lowest BCUT2D eigenvalue weighted by Crippen LogP contribution is -2.40. The lowest BCUT2D eigenvalue weighted by Gasteiger charge is -2.37. The van der Waals surface area contributed by atoms with Crippen LogP contribution in [0.1, 0.15) is 31.2 Å². The highest BCUT2D eigenvalue weighted by atomic mass is 32.1. The average Bonchev–Trinajstić information content (AvgIpc) is 2.76. The van der Waals surface area contributed by atoms with E-state index < -0.39 is 11.3 Å². The van der Waals surface area contributed by atoms with Crippen LogP contribution >= 0.6 is 11.3 Å². The first-order valence-electron chi connectivity index (χ1n) is 5.14. The summed E-state index contributed by atoms with van der Waals surface area (Å²) in [7, 11) is 0. The van der Waals surface area contributed by atoms with E-state index in [-0.39, 0.29) is 12.8 Å². The molecule has 0 aromatic carbocycles. The predicted octanol–water partition coefficient (Wildman–Crippen LogP) is 1.53. The van der Waals surface area contributed by atoms with Crippen molar-refractivity contribution in [2.24, 2.45) is 4.99 Å². The molecule has 0 spiro atoms. The molecule has 1 aliphatic rings. The fourth-order valence-corrected chi connectivity index (χ4v) is 2.89. The number of thiophene rings is 1. The second-order valence-electron chi connectivity index (χ2n) is 4.23. The summed E-state index contributed by atoms with van der Waals surface area (Å²) in [5.41, 5.74) is 0.368. The van der Waals surface area contributed by atoms with E-state index >= 15 is 0 Å². The number of aliphatic hydroxyl groups is 2. The van der Waals surface area contributed by atoms with E-state index in [1.54, 1.807) is 17.4 Å². The van der Waals surface area contributed by atoms with Gasteiger partial charge >= 0.3 is 0 Å². The molecule has 0 bridgehead atoms. The number of hydrogen-bond donors (Lipinski definition) is 2. The van der Waals surface area contributed by atoms with Crippen molar-refractivity contribution < 1.29 is 15.0 Å². The van der Waals surface area contributed by atoms with Gasteiger partial charge in [-0.2, -0.15) is 16.3 Å². The average molecular weight is 239 g/mol. The van der Waals surface area contributed by atoms with Crippen molar-refractivity contribution in [3.8, 4) is 0 Å². The zero-order valence-corrected chi connectivity index (χ0v) is 9.54. The fourth-order valence-electron chi connectivity index (χ4n) is 2.15. The molecule has 4 nitrogen and oxygen atoms in total. The number of rotatable bonds is 2. The summed E-state index contributed by atoms with van der Waals surface area (Å²) in [5, 5.41) is 22.9. The molecule has 2 N–H and O–H groups in total. The van der Waals surface area contributed by atoms with E-state index in [9.17, 15) is 15.0 Å².